The predicted molar refractivity (Wildman–Crippen MR) is 122 cm³/mol. The molecular formula is C25H31N3O3. The summed E-state index contributed by atoms with van der Waals surface area (Å²) >= 11 is 0. The summed E-state index contributed by atoms with van der Waals surface area (Å²) in [4.78, 5) is 19.6. The van der Waals surface area contributed by atoms with Gasteiger partial charge in [0.25, 0.3) is 5.91 Å². The first-order chi connectivity index (χ1) is 15.0. The molecule has 0 radical (unpaired) electrons. The Morgan fingerprint density at radius 1 is 1.06 bits per heavy atom. The van der Waals surface area contributed by atoms with Crippen LogP contribution in [0.2, 0.25) is 0 Å². The van der Waals surface area contributed by atoms with E-state index in [-0.39, 0.29) is 11.7 Å². The Morgan fingerprint density at radius 2 is 1.77 bits per heavy atom. The number of phenols is 1. The Labute approximate surface area is 184 Å². The fourth-order valence-electron chi connectivity index (χ4n) is 5.66. The molecule has 31 heavy (non-hydrogen) atoms. The van der Waals surface area contributed by atoms with Gasteiger partial charge in [-0.15, -0.1) is 0 Å². The minimum Gasteiger partial charge on any atom is -0.504 e. The lowest BCUT2D eigenvalue weighted by Gasteiger charge is -2.45. The third kappa shape index (κ3) is 3.24. The zero-order valence-corrected chi connectivity index (χ0v) is 18.5. The third-order valence-electron chi connectivity index (χ3n) is 7.40. The Hall–Kier alpha value is -2.73. The number of hydrogen-bond donors (Lipinski definition) is 1. The molecule has 0 aliphatic carbocycles. The number of amides is 1. The van der Waals surface area contributed by atoms with Crippen molar-refractivity contribution in [1.29, 1.82) is 0 Å². The highest BCUT2D eigenvalue weighted by molar-refractivity contribution is 5.96. The quantitative estimate of drug-likeness (QED) is 0.773. The second-order valence-electron chi connectivity index (χ2n) is 8.93. The molecule has 3 aliphatic rings. The number of ether oxygens (including phenoxy) is 1. The standard InChI is InChI=1S/C25H31N3O3/c1-4-27(5-2)25(30)16-9-12-20-23(13-16)31-24-21(7-6-8-22(24)29)28(20)19-14-17-10-11-18(15-19)26(17)3/h6-9,12-13,17-19,29H,4-5,10-11,14-15H2,1-3H3. The SMILES string of the molecule is CCN(CC)C(=O)c1ccc2c(c1)Oc1c(O)cccc1N2C1CC2CCC(C1)N2C. The lowest BCUT2D eigenvalue weighted by atomic mass is 9.94. The van der Waals surface area contributed by atoms with E-state index in [9.17, 15) is 9.90 Å². The maximum absolute atomic E-state index is 12.9. The number of hydrogen-bond acceptors (Lipinski definition) is 5. The molecular weight excluding hydrogens is 390 g/mol. The molecule has 3 aliphatic heterocycles. The van der Waals surface area contributed by atoms with Crippen molar-refractivity contribution in [2.75, 3.05) is 25.0 Å². The van der Waals surface area contributed by atoms with Crippen LogP contribution in [0, 0.1) is 0 Å². The van der Waals surface area contributed by atoms with Gasteiger partial charge in [0.2, 0.25) is 0 Å². The molecule has 6 nitrogen and oxygen atoms in total. The van der Waals surface area contributed by atoms with E-state index >= 15 is 0 Å². The Bertz CT molecular complexity index is 990. The number of benzene rings is 2. The van der Waals surface area contributed by atoms with Crippen LogP contribution in [-0.4, -0.2) is 59.1 Å². The molecule has 6 heteroatoms. The van der Waals surface area contributed by atoms with E-state index in [4.69, 9.17) is 4.74 Å². The molecule has 0 saturated carbocycles. The maximum atomic E-state index is 12.9. The summed E-state index contributed by atoms with van der Waals surface area (Å²) in [5.74, 6) is 1.25. The van der Waals surface area contributed by atoms with Crippen LogP contribution in [0.15, 0.2) is 36.4 Å². The van der Waals surface area contributed by atoms with Crippen LogP contribution in [-0.2, 0) is 0 Å². The van der Waals surface area contributed by atoms with Gasteiger partial charge >= 0.3 is 0 Å². The molecule has 3 heterocycles. The Morgan fingerprint density at radius 3 is 2.45 bits per heavy atom. The van der Waals surface area contributed by atoms with E-state index in [2.05, 4.69) is 16.8 Å². The second-order valence-corrected chi connectivity index (χ2v) is 8.93. The van der Waals surface area contributed by atoms with Gasteiger partial charge in [-0.25, -0.2) is 0 Å². The maximum Gasteiger partial charge on any atom is 0.253 e. The molecule has 1 N–H and O–H groups in total. The molecule has 164 valence electrons. The number of nitrogens with zero attached hydrogens (tertiary/aromatic N) is 3. The van der Waals surface area contributed by atoms with Crippen molar-refractivity contribution < 1.29 is 14.6 Å². The van der Waals surface area contributed by atoms with E-state index < -0.39 is 0 Å². The van der Waals surface area contributed by atoms with Crippen molar-refractivity contribution in [2.24, 2.45) is 0 Å². The zero-order chi connectivity index (χ0) is 21.7. The smallest absolute Gasteiger partial charge is 0.253 e. The molecule has 2 bridgehead atoms. The molecule has 2 aromatic rings. The molecule has 2 fully saturated rings. The first kappa shape index (κ1) is 20.2. The monoisotopic (exact) mass is 421 g/mol. The fraction of sp³-hybridized carbons (Fsp3) is 0.480. The average molecular weight is 422 g/mol. The number of phenolic OH excluding ortho intramolecular Hbond substituents is 1. The van der Waals surface area contributed by atoms with Crippen LogP contribution in [0.25, 0.3) is 0 Å². The number of rotatable bonds is 4. The van der Waals surface area contributed by atoms with Gasteiger partial charge in [0, 0.05) is 36.8 Å². The summed E-state index contributed by atoms with van der Waals surface area (Å²) in [6.07, 6.45) is 4.67. The van der Waals surface area contributed by atoms with E-state index in [1.54, 1.807) is 6.07 Å². The lowest BCUT2D eigenvalue weighted by molar-refractivity contribution is 0.0772. The molecule has 0 spiro atoms. The van der Waals surface area contributed by atoms with E-state index in [1.807, 2.05) is 49.1 Å². The summed E-state index contributed by atoms with van der Waals surface area (Å²) in [5.41, 5.74) is 2.50. The summed E-state index contributed by atoms with van der Waals surface area (Å²) < 4.78 is 6.18. The topological polar surface area (TPSA) is 56.3 Å². The average Bonchev–Trinajstić information content (AvgIpc) is 2.98. The minimum absolute atomic E-state index is 0.00312. The van der Waals surface area contributed by atoms with Crippen LogP contribution < -0.4 is 9.64 Å². The number of aromatic hydroxyl groups is 1. The van der Waals surface area contributed by atoms with Crippen molar-refractivity contribution in [3.63, 3.8) is 0 Å². The van der Waals surface area contributed by atoms with Gasteiger partial charge in [0.1, 0.15) is 0 Å². The van der Waals surface area contributed by atoms with Crippen LogP contribution in [0.3, 0.4) is 0 Å². The number of carbonyl (C=O) groups is 1. The van der Waals surface area contributed by atoms with Crippen LogP contribution >= 0.6 is 0 Å². The molecule has 5 rings (SSSR count). The first-order valence-corrected chi connectivity index (χ1v) is 11.5. The Kier molecular flexibility index (Phi) is 5.05. The highest BCUT2D eigenvalue weighted by Crippen LogP contribution is 2.53. The van der Waals surface area contributed by atoms with Crippen LogP contribution in [0.4, 0.5) is 11.4 Å². The van der Waals surface area contributed by atoms with Gasteiger partial charge in [-0.1, -0.05) is 6.07 Å². The molecule has 2 atom stereocenters. The van der Waals surface area contributed by atoms with E-state index in [0.717, 1.165) is 24.2 Å². The summed E-state index contributed by atoms with van der Waals surface area (Å²) in [6.45, 7) is 5.31. The number of anilines is 2. The van der Waals surface area contributed by atoms with Gasteiger partial charge in [-0.2, -0.15) is 0 Å². The third-order valence-corrected chi connectivity index (χ3v) is 7.40. The van der Waals surface area contributed by atoms with E-state index in [0.29, 0.717) is 48.3 Å². The molecule has 2 saturated heterocycles. The number of fused-ring (bicyclic) bond motifs is 4. The van der Waals surface area contributed by atoms with Gasteiger partial charge in [0.15, 0.2) is 17.2 Å². The lowest BCUT2D eigenvalue weighted by Crippen LogP contribution is -2.48. The summed E-state index contributed by atoms with van der Waals surface area (Å²) in [5, 5.41) is 10.6. The van der Waals surface area contributed by atoms with Gasteiger partial charge in [-0.3, -0.25) is 4.79 Å². The van der Waals surface area contributed by atoms with E-state index in [1.165, 1.54) is 12.8 Å². The second kappa shape index (κ2) is 7.75. The molecule has 2 unspecified atom stereocenters. The van der Waals surface area contributed by atoms with Crippen LogP contribution in [0.5, 0.6) is 17.2 Å². The van der Waals surface area contributed by atoms with Crippen molar-refractivity contribution >= 4 is 17.3 Å². The number of para-hydroxylation sites is 1. The highest BCUT2D eigenvalue weighted by atomic mass is 16.5. The number of piperidine rings is 1. The fourth-order valence-corrected chi connectivity index (χ4v) is 5.66. The minimum atomic E-state index is 0.00312. The van der Waals surface area contributed by atoms with Crippen LogP contribution in [0.1, 0.15) is 49.9 Å². The molecule has 2 aromatic carbocycles. The summed E-state index contributed by atoms with van der Waals surface area (Å²) in [6, 6.07) is 12.8. The summed E-state index contributed by atoms with van der Waals surface area (Å²) in [7, 11) is 2.25. The highest BCUT2D eigenvalue weighted by Gasteiger charge is 2.43. The zero-order valence-electron chi connectivity index (χ0n) is 18.5. The van der Waals surface area contributed by atoms with Crippen molar-refractivity contribution in [3.05, 3.63) is 42.0 Å². The van der Waals surface area contributed by atoms with Crippen molar-refractivity contribution in [3.8, 4) is 17.2 Å². The van der Waals surface area contributed by atoms with Gasteiger partial charge in [0.05, 0.1) is 11.4 Å². The largest absolute Gasteiger partial charge is 0.504 e. The van der Waals surface area contributed by atoms with Gasteiger partial charge < -0.3 is 24.5 Å². The molecule has 1 amide bonds. The first-order valence-electron chi connectivity index (χ1n) is 11.5. The molecule has 0 aromatic heterocycles. The predicted octanol–water partition coefficient (Wildman–Crippen LogP) is 4.74. The Balaban J connectivity index is 1.57. The van der Waals surface area contributed by atoms with Crippen molar-refractivity contribution in [1.82, 2.24) is 9.80 Å². The number of carbonyl (C=O) groups excluding carboxylic acids is 1. The van der Waals surface area contributed by atoms with Gasteiger partial charge in [-0.05, 0) is 76.9 Å². The normalized spacial score (nSPS) is 24.4. The van der Waals surface area contributed by atoms with Crippen molar-refractivity contribution in [2.45, 2.75) is 57.7 Å².